The van der Waals surface area contributed by atoms with E-state index in [1.54, 1.807) is 42.5 Å². The Morgan fingerprint density at radius 1 is 0.941 bits per heavy atom. The number of benzene rings is 3. The van der Waals surface area contributed by atoms with E-state index < -0.39 is 30.3 Å². The molecule has 3 aromatic carbocycles. The van der Waals surface area contributed by atoms with E-state index in [-0.39, 0.29) is 18.3 Å². The molecule has 0 unspecified atom stereocenters. The molecule has 4 aromatic rings. The molecule has 1 N–H and O–H groups in total. The van der Waals surface area contributed by atoms with Gasteiger partial charge in [-0.25, -0.2) is 4.39 Å². The van der Waals surface area contributed by atoms with E-state index in [1.165, 1.54) is 29.2 Å². The number of alkyl halides is 2. The van der Waals surface area contributed by atoms with E-state index in [0.29, 0.717) is 27.8 Å². The van der Waals surface area contributed by atoms with Crippen molar-refractivity contribution >= 4 is 5.91 Å². The topological polar surface area (TPSA) is 79.5 Å². The Labute approximate surface area is 192 Å². The maximum atomic E-state index is 13.9. The third-order valence-corrected chi connectivity index (χ3v) is 5.78. The first-order valence-electron chi connectivity index (χ1n) is 10.5. The normalized spacial score (nSPS) is 15.0. The van der Waals surface area contributed by atoms with Crippen molar-refractivity contribution in [2.75, 3.05) is 0 Å². The molecule has 172 valence electrons. The summed E-state index contributed by atoms with van der Waals surface area (Å²) in [6, 6.07) is 18.6. The molecule has 0 fully saturated rings. The Balaban J connectivity index is 1.51. The number of aliphatic hydroxyl groups excluding tert-OH is 1. The predicted molar refractivity (Wildman–Crippen MR) is 115 cm³/mol. The maximum Gasteiger partial charge on any atom is 0.314 e. The molecule has 34 heavy (non-hydrogen) atoms. The fourth-order valence-corrected chi connectivity index (χ4v) is 4.18. The molecule has 9 heteroatoms. The van der Waals surface area contributed by atoms with Crippen LogP contribution in [-0.2, 0) is 6.54 Å². The zero-order chi connectivity index (χ0) is 23.8. The van der Waals surface area contributed by atoms with Crippen LogP contribution in [0.2, 0.25) is 0 Å². The quantitative estimate of drug-likeness (QED) is 0.421. The van der Waals surface area contributed by atoms with Crippen LogP contribution in [0.5, 0.6) is 0 Å². The average Bonchev–Trinajstić information content (AvgIpc) is 3.46. The fraction of sp³-hybridized carbons (Fsp3) is 0.160. The van der Waals surface area contributed by atoms with Crippen LogP contribution >= 0.6 is 0 Å². The van der Waals surface area contributed by atoms with Gasteiger partial charge in [-0.15, -0.1) is 10.2 Å². The zero-order valence-electron chi connectivity index (χ0n) is 17.6. The second-order valence-corrected chi connectivity index (χ2v) is 7.91. The summed E-state index contributed by atoms with van der Waals surface area (Å²) in [5.41, 5.74) is 2.37. The molecule has 5 rings (SSSR count). The van der Waals surface area contributed by atoms with Crippen LogP contribution in [0.4, 0.5) is 13.2 Å². The van der Waals surface area contributed by atoms with Gasteiger partial charge in [0.15, 0.2) is 0 Å². The molecular formula is C25H18F3N3O3. The number of hydrogen-bond acceptors (Lipinski definition) is 5. The van der Waals surface area contributed by atoms with Crippen molar-refractivity contribution in [2.45, 2.75) is 25.1 Å². The number of halogens is 3. The maximum absolute atomic E-state index is 13.9. The van der Waals surface area contributed by atoms with E-state index in [1.807, 2.05) is 6.07 Å². The number of hydrogen-bond donors (Lipinski definition) is 1. The molecule has 1 aliphatic heterocycles. The lowest BCUT2D eigenvalue weighted by molar-refractivity contribution is 0.0359. The molecule has 1 aliphatic rings. The van der Waals surface area contributed by atoms with Gasteiger partial charge < -0.3 is 14.4 Å². The van der Waals surface area contributed by atoms with Gasteiger partial charge in [-0.1, -0.05) is 48.5 Å². The van der Waals surface area contributed by atoms with Gasteiger partial charge in [0.25, 0.3) is 11.8 Å². The molecule has 0 saturated heterocycles. The summed E-state index contributed by atoms with van der Waals surface area (Å²) >= 11 is 0. The third-order valence-electron chi connectivity index (χ3n) is 5.78. The van der Waals surface area contributed by atoms with Crippen molar-refractivity contribution in [2.24, 2.45) is 0 Å². The highest BCUT2D eigenvalue weighted by atomic mass is 19.3. The summed E-state index contributed by atoms with van der Waals surface area (Å²) in [5.74, 6) is -1.78. The number of fused-ring (bicyclic) bond motifs is 1. The first-order valence-corrected chi connectivity index (χ1v) is 10.5. The standard InChI is InChI=1S/C25H18F3N3O3/c26-18-8-4-7-15(11-18)21(32)20(14-5-2-1-3-6-14)31-13-17-10-9-16(12-19(17)25(31)33)23-29-30-24(34-23)22(27)28/h1-12,20-22,32H,13H2/t20-,21+/m1/s1. The molecule has 1 amide bonds. The van der Waals surface area contributed by atoms with Crippen molar-refractivity contribution in [3.8, 4) is 11.5 Å². The van der Waals surface area contributed by atoms with Crippen LogP contribution in [-0.4, -0.2) is 26.1 Å². The Morgan fingerprint density at radius 3 is 2.41 bits per heavy atom. The average molecular weight is 465 g/mol. The summed E-state index contributed by atoms with van der Waals surface area (Å²) in [7, 11) is 0. The van der Waals surface area contributed by atoms with Crippen molar-refractivity contribution < 1.29 is 27.5 Å². The number of aliphatic hydroxyl groups is 1. The third kappa shape index (κ3) is 3.94. The largest absolute Gasteiger partial charge is 0.415 e. The van der Waals surface area contributed by atoms with Gasteiger partial charge in [-0.2, -0.15) is 8.78 Å². The molecule has 0 bridgehead atoms. The number of carbonyl (C=O) groups excluding carboxylic acids is 1. The minimum Gasteiger partial charge on any atom is -0.415 e. The lowest BCUT2D eigenvalue weighted by atomic mass is 9.94. The highest BCUT2D eigenvalue weighted by molar-refractivity contribution is 5.99. The second kappa shape index (κ2) is 8.75. The van der Waals surface area contributed by atoms with E-state index in [2.05, 4.69) is 10.2 Å². The van der Waals surface area contributed by atoms with Crippen molar-refractivity contribution in [1.82, 2.24) is 15.1 Å². The number of nitrogens with zero attached hydrogens (tertiary/aromatic N) is 3. The van der Waals surface area contributed by atoms with E-state index in [9.17, 15) is 23.1 Å². The molecule has 2 heterocycles. The van der Waals surface area contributed by atoms with Gasteiger partial charge in [-0.3, -0.25) is 4.79 Å². The minimum absolute atomic E-state index is 0.122. The predicted octanol–water partition coefficient (Wildman–Crippen LogP) is 5.24. The van der Waals surface area contributed by atoms with Crippen LogP contribution < -0.4 is 0 Å². The van der Waals surface area contributed by atoms with Crippen molar-refractivity contribution in [1.29, 1.82) is 0 Å². The summed E-state index contributed by atoms with van der Waals surface area (Å²) < 4.78 is 44.5. The fourth-order valence-electron chi connectivity index (χ4n) is 4.18. The van der Waals surface area contributed by atoms with Crippen LogP contribution in [0, 0.1) is 5.82 Å². The molecule has 0 radical (unpaired) electrons. The van der Waals surface area contributed by atoms with Gasteiger partial charge in [-0.05, 0) is 41.0 Å². The van der Waals surface area contributed by atoms with Crippen molar-refractivity contribution in [3.05, 3.63) is 107 Å². The second-order valence-electron chi connectivity index (χ2n) is 7.91. The van der Waals surface area contributed by atoms with Gasteiger partial charge in [0, 0.05) is 17.7 Å². The number of amides is 1. The molecule has 0 saturated carbocycles. The first kappa shape index (κ1) is 21.8. The van der Waals surface area contributed by atoms with Crippen LogP contribution in [0.25, 0.3) is 11.5 Å². The van der Waals surface area contributed by atoms with Crippen LogP contribution in [0.1, 0.15) is 51.5 Å². The van der Waals surface area contributed by atoms with Gasteiger partial charge in [0.2, 0.25) is 5.89 Å². The monoisotopic (exact) mass is 465 g/mol. The van der Waals surface area contributed by atoms with Crippen LogP contribution in [0.15, 0.2) is 77.2 Å². The Morgan fingerprint density at radius 2 is 1.71 bits per heavy atom. The molecular weight excluding hydrogens is 447 g/mol. The minimum atomic E-state index is -2.90. The molecule has 2 atom stereocenters. The van der Waals surface area contributed by atoms with Gasteiger partial charge in [0.1, 0.15) is 11.9 Å². The smallest absolute Gasteiger partial charge is 0.314 e. The Hall–Kier alpha value is -3.98. The lowest BCUT2D eigenvalue weighted by Crippen LogP contribution is -2.33. The molecule has 0 aliphatic carbocycles. The van der Waals surface area contributed by atoms with E-state index >= 15 is 0 Å². The molecule has 6 nitrogen and oxygen atoms in total. The Bertz CT molecular complexity index is 1340. The highest BCUT2D eigenvalue weighted by Gasteiger charge is 2.38. The van der Waals surface area contributed by atoms with E-state index in [4.69, 9.17) is 4.42 Å². The summed E-state index contributed by atoms with van der Waals surface area (Å²) in [5, 5.41) is 18.2. The Kier molecular flexibility index (Phi) is 5.62. The summed E-state index contributed by atoms with van der Waals surface area (Å²) in [4.78, 5) is 15.0. The van der Waals surface area contributed by atoms with Crippen molar-refractivity contribution in [3.63, 3.8) is 0 Å². The first-order chi connectivity index (χ1) is 16.4. The summed E-state index contributed by atoms with van der Waals surface area (Å²) in [6.45, 7) is 0.201. The molecule has 0 spiro atoms. The van der Waals surface area contributed by atoms with Gasteiger partial charge in [0.05, 0.1) is 6.04 Å². The van der Waals surface area contributed by atoms with Crippen LogP contribution in [0.3, 0.4) is 0 Å². The van der Waals surface area contributed by atoms with Gasteiger partial charge >= 0.3 is 6.43 Å². The highest BCUT2D eigenvalue weighted by Crippen LogP contribution is 2.40. The summed E-state index contributed by atoms with van der Waals surface area (Å²) in [6.07, 6.45) is -4.09. The zero-order valence-corrected chi connectivity index (χ0v) is 17.6. The number of aromatic nitrogens is 2. The van der Waals surface area contributed by atoms with E-state index in [0.717, 1.165) is 0 Å². The number of carbonyl (C=O) groups is 1. The number of rotatable bonds is 6. The lowest BCUT2D eigenvalue weighted by Gasteiger charge is -2.32. The molecule has 1 aromatic heterocycles. The SMILES string of the molecule is O=C1c2cc(-c3nnc(C(F)F)o3)ccc2CN1[C@H](c1ccccc1)[C@@H](O)c1cccc(F)c1.